The van der Waals surface area contributed by atoms with Gasteiger partial charge in [0.15, 0.2) is 0 Å². The zero-order chi connectivity index (χ0) is 18.3. The first kappa shape index (κ1) is 16.3. The van der Waals surface area contributed by atoms with Gasteiger partial charge in [-0.05, 0) is 44.2 Å². The van der Waals surface area contributed by atoms with Gasteiger partial charge in [0.2, 0.25) is 0 Å². The average Bonchev–Trinajstić information content (AvgIpc) is 3.12. The molecule has 1 aliphatic rings. The summed E-state index contributed by atoms with van der Waals surface area (Å²) in [4.78, 5) is 0. The molecule has 0 aromatic heterocycles. The second-order valence-corrected chi connectivity index (χ2v) is 11.5. The van der Waals surface area contributed by atoms with Crippen molar-refractivity contribution < 1.29 is 0 Å². The third kappa shape index (κ3) is 2.58. The van der Waals surface area contributed by atoms with E-state index in [1.807, 2.05) is 0 Å². The van der Waals surface area contributed by atoms with E-state index in [2.05, 4.69) is 110 Å². The Morgan fingerprint density at radius 1 is 0.519 bits per heavy atom. The molecule has 0 radical (unpaired) electrons. The van der Waals surface area contributed by atoms with Gasteiger partial charge in [0, 0.05) is 0 Å². The quantitative estimate of drug-likeness (QED) is 0.330. The topological polar surface area (TPSA) is 0 Å². The third-order valence-corrected chi connectivity index (χ3v) is 10.5. The van der Waals surface area contributed by atoms with Crippen molar-refractivity contribution in [3.63, 3.8) is 0 Å². The fourth-order valence-corrected chi connectivity index (χ4v) is 8.10. The van der Waals surface area contributed by atoms with Crippen molar-refractivity contribution in [3.8, 4) is 11.1 Å². The van der Waals surface area contributed by atoms with Crippen molar-refractivity contribution in [2.24, 2.45) is 0 Å². The summed E-state index contributed by atoms with van der Waals surface area (Å²) >= 11 is 0. The normalized spacial score (nSPS) is 12.5. The van der Waals surface area contributed by atoms with Crippen LogP contribution >= 0.6 is 0 Å². The lowest BCUT2D eigenvalue weighted by molar-refractivity contribution is 1.27. The smallest absolute Gasteiger partial charge is 0.0624 e. The van der Waals surface area contributed by atoms with Crippen molar-refractivity contribution >= 4 is 23.6 Å². The highest BCUT2D eigenvalue weighted by Gasteiger charge is 2.34. The van der Waals surface area contributed by atoms with Crippen LogP contribution in [0.4, 0.5) is 0 Å². The molecule has 0 amide bonds. The molecule has 0 N–H and O–H groups in total. The summed E-state index contributed by atoms with van der Waals surface area (Å²) in [5.41, 5.74) is 5.74. The summed E-state index contributed by atoms with van der Waals surface area (Å²) in [7, 11) is -2.02. The minimum absolute atomic E-state index is 1.05. The van der Waals surface area contributed by atoms with E-state index in [0.717, 1.165) is 6.42 Å². The lowest BCUT2D eigenvalue weighted by Gasteiger charge is -2.30. The summed E-state index contributed by atoms with van der Waals surface area (Å²) in [6.45, 7) is 2.49. The largest absolute Gasteiger partial charge is 0.145 e. The van der Waals surface area contributed by atoms with Crippen molar-refractivity contribution in [2.45, 2.75) is 13.0 Å². The van der Waals surface area contributed by atoms with Crippen LogP contribution < -0.4 is 15.6 Å². The fourth-order valence-electron chi connectivity index (χ4n) is 4.50. The molecule has 0 fully saturated rings. The Kier molecular flexibility index (Phi) is 3.84. The molecule has 0 aliphatic heterocycles. The Balaban J connectivity index is 1.70. The first-order valence-corrected chi connectivity index (χ1v) is 12.1. The van der Waals surface area contributed by atoms with E-state index in [0.29, 0.717) is 0 Å². The van der Waals surface area contributed by atoms with Crippen LogP contribution in [0.2, 0.25) is 6.55 Å². The predicted octanol–water partition coefficient (Wildman–Crippen LogP) is 4.36. The maximum Gasteiger partial charge on any atom is 0.145 e. The summed E-state index contributed by atoms with van der Waals surface area (Å²) in [6, 6.07) is 38.2. The molecule has 0 atom stereocenters. The fraction of sp³-hybridized carbons (Fsp3) is 0.0769. The predicted molar refractivity (Wildman–Crippen MR) is 118 cm³/mol. The number of hydrogen-bond donors (Lipinski definition) is 0. The van der Waals surface area contributed by atoms with E-state index in [1.54, 1.807) is 0 Å². The molecule has 0 bridgehead atoms. The Labute approximate surface area is 162 Å². The van der Waals surface area contributed by atoms with Crippen LogP contribution in [0, 0.1) is 0 Å². The Hall–Kier alpha value is -2.90. The van der Waals surface area contributed by atoms with Crippen LogP contribution in [0.15, 0.2) is 103 Å². The first-order chi connectivity index (χ1) is 13.3. The monoisotopic (exact) mass is 362 g/mol. The van der Waals surface area contributed by atoms with Crippen LogP contribution in [0.3, 0.4) is 0 Å². The lowest BCUT2D eigenvalue weighted by Crippen LogP contribution is -2.64. The maximum atomic E-state index is 2.49. The molecule has 0 saturated carbocycles. The van der Waals surface area contributed by atoms with E-state index in [-0.39, 0.29) is 0 Å². The summed E-state index contributed by atoms with van der Waals surface area (Å²) in [5, 5.41) is 4.42. The van der Waals surface area contributed by atoms with E-state index in [9.17, 15) is 0 Å². The van der Waals surface area contributed by atoms with Gasteiger partial charge in [-0.1, -0.05) is 110 Å². The lowest BCUT2D eigenvalue weighted by atomic mass is 10.1. The second-order valence-electron chi connectivity index (χ2n) is 7.56. The van der Waals surface area contributed by atoms with E-state index >= 15 is 0 Å². The summed E-state index contributed by atoms with van der Waals surface area (Å²) in [5.74, 6) is 0. The number of hydrogen-bond acceptors (Lipinski definition) is 0. The van der Waals surface area contributed by atoms with Gasteiger partial charge >= 0.3 is 0 Å². The van der Waals surface area contributed by atoms with Crippen LogP contribution in [0.1, 0.15) is 11.1 Å². The standard InChI is InChI=1S/C26H22Si/c1-27(22-11-4-2-5-12-22,23-13-6-3-7-14-23)24-16-17-26-21(19-24)18-20-10-8-9-15-25(20)26/h2-17,19H,18H2,1H3. The van der Waals surface area contributed by atoms with Crippen LogP contribution in [-0.2, 0) is 6.42 Å². The van der Waals surface area contributed by atoms with Crippen molar-refractivity contribution in [3.05, 3.63) is 114 Å². The van der Waals surface area contributed by atoms with Gasteiger partial charge in [0.25, 0.3) is 0 Å². The molecule has 27 heavy (non-hydrogen) atoms. The average molecular weight is 363 g/mol. The van der Waals surface area contributed by atoms with Gasteiger partial charge < -0.3 is 0 Å². The van der Waals surface area contributed by atoms with Gasteiger partial charge in [0.05, 0.1) is 0 Å². The molecular weight excluding hydrogens is 340 g/mol. The van der Waals surface area contributed by atoms with E-state index in [4.69, 9.17) is 0 Å². The highest BCUT2D eigenvalue weighted by molar-refractivity contribution is 7.10. The molecule has 0 nitrogen and oxygen atoms in total. The van der Waals surface area contributed by atoms with Crippen molar-refractivity contribution in [1.29, 1.82) is 0 Å². The molecule has 0 saturated heterocycles. The maximum absolute atomic E-state index is 2.49. The first-order valence-electron chi connectivity index (χ1n) is 9.59. The van der Waals surface area contributed by atoms with Crippen LogP contribution in [-0.4, -0.2) is 8.07 Å². The zero-order valence-corrected chi connectivity index (χ0v) is 16.5. The Morgan fingerprint density at radius 3 is 1.74 bits per heavy atom. The van der Waals surface area contributed by atoms with Crippen molar-refractivity contribution in [1.82, 2.24) is 0 Å². The Morgan fingerprint density at radius 2 is 1.07 bits per heavy atom. The molecule has 0 spiro atoms. The minimum Gasteiger partial charge on any atom is -0.0624 e. The number of fused-ring (bicyclic) bond motifs is 3. The number of rotatable bonds is 3. The molecule has 4 aromatic rings. The summed E-state index contributed by atoms with van der Waals surface area (Å²) < 4.78 is 0. The van der Waals surface area contributed by atoms with E-state index < -0.39 is 8.07 Å². The molecule has 1 heteroatoms. The molecular formula is C26H22Si. The van der Waals surface area contributed by atoms with Crippen LogP contribution in [0.25, 0.3) is 11.1 Å². The zero-order valence-electron chi connectivity index (χ0n) is 15.5. The molecule has 130 valence electrons. The third-order valence-electron chi connectivity index (χ3n) is 6.07. The highest BCUT2D eigenvalue weighted by Crippen LogP contribution is 2.35. The van der Waals surface area contributed by atoms with Gasteiger partial charge in [-0.15, -0.1) is 0 Å². The van der Waals surface area contributed by atoms with Gasteiger partial charge in [0.1, 0.15) is 8.07 Å². The van der Waals surface area contributed by atoms with Gasteiger partial charge in [-0.2, -0.15) is 0 Å². The minimum atomic E-state index is -2.02. The molecule has 5 rings (SSSR count). The summed E-state index contributed by atoms with van der Waals surface area (Å²) in [6.07, 6.45) is 1.05. The Bertz CT molecular complexity index is 1060. The molecule has 4 aromatic carbocycles. The SMILES string of the molecule is C[Si](c1ccccc1)(c1ccccc1)c1ccc2c(c1)Cc1ccccc1-2. The number of benzene rings is 4. The molecule has 1 aliphatic carbocycles. The second kappa shape index (κ2) is 6.36. The van der Waals surface area contributed by atoms with Crippen LogP contribution in [0.5, 0.6) is 0 Å². The van der Waals surface area contributed by atoms with Crippen molar-refractivity contribution in [2.75, 3.05) is 0 Å². The van der Waals surface area contributed by atoms with Gasteiger partial charge in [-0.25, -0.2) is 0 Å². The van der Waals surface area contributed by atoms with E-state index in [1.165, 1.54) is 37.8 Å². The van der Waals surface area contributed by atoms with Gasteiger partial charge in [-0.3, -0.25) is 0 Å². The highest BCUT2D eigenvalue weighted by atomic mass is 28.3. The molecule has 0 heterocycles. The molecule has 0 unspecified atom stereocenters.